The first-order valence-corrected chi connectivity index (χ1v) is 9.06. The zero-order valence-corrected chi connectivity index (χ0v) is 16.1. The van der Waals surface area contributed by atoms with Crippen LogP contribution in [0.4, 0.5) is 5.69 Å². The summed E-state index contributed by atoms with van der Waals surface area (Å²) in [6.07, 6.45) is 1.40. The fourth-order valence-corrected chi connectivity index (χ4v) is 2.61. The van der Waals surface area contributed by atoms with Crippen LogP contribution in [0.5, 0.6) is 5.75 Å². The van der Waals surface area contributed by atoms with Gasteiger partial charge in [0.25, 0.3) is 11.6 Å². The van der Waals surface area contributed by atoms with Gasteiger partial charge in [-0.2, -0.15) is 5.10 Å². The SMILES string of the molecule is O=C(O)c1ccc(COc2ccccc2/C=N\NC(=O)c2cccc([N+](=O)[O-])c2)cc1. The van der Waals surface area contributed by atoms with Gasteiger partial charge in [0, 0.05) is 23.3 Å². The second-order valence-electron chi connectivity index (χ2n) is 6.34. The van der Waals surface area contributed by atoms with Crippen molar-refractivity contribution >= 4 is 23.8 Å². The number of hydrogen-bond acceptors (Lipinski definition) is 6. The number of carbonyl (C=O) groups excluding carboxylic acids is 1. The van der Waals surface area contributed by atoms with Gasteiger partial charge in [-0.05, 0) is 35.9 Å². The van der Waals surface area contributed by atoms with Gasteiger partial charge in [0.2, 0.25) is 0 Å². The zero-order chi connectivity index (χ0) is 22.2. The van der Waals surface area contributed by atoms with E-state index in [0.29, 0.717) is 11.3 Å². The van der Waals surface area contributed by atoms with Gasteiger partial charge in [-0.25, -0.2) is 10.2 Å². The lowest BCUT2D eigenvalue weighted by atomic mass is 10.1. The van der Waals surface area contributed by atoms with E-state index in [1.807, 2.05) is 0 Å². The van der Waals surface area contributed by atoms with Crippen LogP contribution >= 0.6 is 0 Å². The van der Waals surface area contributed by atoms with E-state index in [1.54, 1.807) is 36.4 Å². The molecule has 3 rings (SSSR count). The molecular weight excluding hydrogens is 402 g/mol. The summed E-state index contributed by atoms with van der Waals surface area (Å²) in [7, 11) is 0. The van der Waals surface area contributed by atoms with E-state index in [0.717, 1.165) is 11.6 Å². The molecule has 0 radical (unpaired) electrons. The quantitative estimate of drug-likeness (QED) is 0.326. The van der Waals surface area contributed by atoms with Crippen molar-refractivity contribution in [1.82, 2.24) is 5.43 Å². The molecule has 0 saturated heterocycles. The normalized spacial score (nSPS) is 10.6. The molecule has 0 heterocycles. The second kappa shape index (κ2) is 9.79. The molecule has 0 fully saturated rings. The first-order valence-electron chi connectivity index (χ1n) is 9.06. The first-order chi connectivity index (χ1) is 14.9. The van der Waals surface area contributed by atoms with Gasteiger partial charge in [-0.1, -0.05) is 30.3 Å². The maximum absolute atomic E-state index is 12.2. The predicted octanol–water partition coefficient (Wildman–Crippen LogP) is 3.64. The Morgan fingerprint density at radius 2 is 1.77 bits per heavy atom. The molecule has 3 aromatic carbocycles. The van der Waals surface area contributed by atoms with Crippen LogP contribution in [0.25, 0.3) is 0 Å². The first kappa shape index (κ1) is 21.2. The van der Waals surface area contributed by atoms with Crippen LogP contribution in [-0.4, -0.2) is 28.1 Å². The molecule has 0 spiro atoms. The van der Waals surface area contributed by atoms with Crippen molar-refractivity contribution < 1.29 is 24.4 Å². The van der Waals surface area contributed by atoms with E-state index in [4.69, 9.17) is 9.84 Å². The Morgan fingerprint density at radius 1 is 1.03 bits per heavy atom. The predicted molar refractivity (Wildman–Crippen MR) is 112 cm³/mol. The van der Waals surface area contributed by atoms with E-state index in [2.05, 4.69) is 10.5 Å². The summed E-state index contributed by atoms with van der Waals surface area (Å²) in [6.45, 7) is 0.213. The Kier molecular flexibility index (Phi) is 6.69. The summed E-state index contributed by atoms with van der Waals surface area (Å²) >= 11 is 0. The third-order valence-corrected chi connectivity index (χ3v) is 4.20. The number of aromatic carboxylic acids is 1. The number of para-hydroxylation sites is 1. The number of ether oxygens (including phenoxy) is 1. The molecule has 0 bridgehead atoms. The highest BCUT2D eigenvalue weighted by atomic mass is 16.6. The molecule has 0 atom stereocenters. The van der Waals surface area contributed by atoms with Crippen molar-refractivity contribution in [1.29, 1.82) is 0 Å². The number of hydrogen-bond donors (Lipinski definition) is 2. The Balaban J connectivity index is 1.64. The fourth-order valence-electron chi connectivity index (χ4n) is 2.61. The van der Waals surface area contributed by atoms with Crippen molar-refractivity contribution in [2.75, 3.05) is 0 Å². The van der Waals surface area contributed by atoms with Gasteiger partial charge in [-0.3, -0.25) is 14.9 Å². The molecule has 31 heavy (non-hydrogen) atoms. The standard InChI is InChI=1S/C22H17N3O6/c26-21(17-5-3-6-19(12-17)25(29)30)24-23-13-18-4-1-2-7-20(18)31-14-15-8-10-16(11-9-15)22(27)28/h1-13H,14H2,(H,24,26)(H,27,28)/b23-13-. The average Bonchev–Trinajstić information content (AvgIpc) is 2.78. The molecule has 0 unspecified atom stereocenters. The van der Waals surface area contributed by atoms with Gasteiger partial charge in [0.15, 0.2) is 0 Å². The molecular formula is C22H17N3O6. The van der Waals surface area contributed by atoms with Gasteiger partial charge < -0.3 is 9.84 Å². The molecule has 3 aromatic rings. The van der Waals surface area contributed by atoms with Crippen LogP contribution in [0.1, 0.15) is 31.8 Å². The van der Waals surface area contributed by atoms with Crippen molar-refractivity contribution in [3.05, 3.63) is 105 Å². The maximum Gasteiger partial charge on any atom is 0.335 e. The number of carbonyl (C=O) groups is 2. The number of amides is 1. The second-order valence-corrected chi connectivity index (χ2v) is 6.34. The van der Waals surface area contributed by atoms with Crippen LogP contribution in [0.15, 0.2) is 77.9 Å². The summed E-state index contributed by atoms with van der Waals surface area (Å²) in [4.78, 5) is 33.3. The van der Waals surface area contributed by atoms with Crippen LogP contribution in [0, 0.1) is 10.1 Å². The largest absolute Gasteiger partial charge is 0.488 e. The minimum absolute atomic E-state index is 0.112. The molecule has 0 aliphatic rings. The van der Waals surface area contributed by atoms with E-state index in [9.17, 15) is 19.7 Å². The number of nitrogens with one attached hydrogen (secondary N) is 1. The molecule has 9 nitrogen and oxygen atoms in total. The van der Waals surface area contributed by atoms with E-state index < -0.39 is 16.8 Å². The van der Waals surface area contributed by atoms with Crippen LogP contribution in [0.3, 0.4) is 0 Å². The summed E-state index contributed by atoms with van der Waals surface area (Å²) in [5.41, 5.74) is 3.83. The topological polar surface area (TPSA) is 131 Å². The number of carboxylic acid groups (broad SMARTS) is 1. The summed E-state index contributed by atoms with van der Waals surface area (Å²) in [5, 5.41) is 23.7. The van der Waals surface area contributed by atoms with Crippen LogP contribution in [0.2, 0.25) is 0 Å². The highest BCUT2D eigenvalue weighted by Gasteiger charge is 2.11. The van der Waals surface area contributed by atoms with Crippen molar-refractivity contribution in [2.24, 2.45) is 5.10 Å². The summed E-state index contributed by atoms with van der Waals surface area (Å²) < 4.78 is 5.78. The van der Waals surface area contributed by atoms with Crippen molar-refractivity contribution in [2.45, 2.75) is 6.61 Å². The third-order valence-electron chi connectivity index (χ3n) is 4.20. The smallest absolute Gasteiger partial charge is 0.335 e. The number of nitro groups is 1. The minimum atomic E-state index is -0.999. The number of carboxylic acids is 1. The highest BCUT2D eigenvalue weighted by molar-refractivity contribution is 5.95. The summed E-state index contributed by atoms with van der Waals surface area (Å²) in [5.74, 6) is -1.07. The van der Waals surface area contributed by atoms with Crippen LogP contribution in [-0.2, 0) is 6.61 Å². The molecule has 0 aliphatic heterocycles. The van der Waals surface area contributed by atoms with E-state index >= 15 is 0 Å². The van der Waals surface area contributed by atoms with Gasteiger partial charge in [0.05, 0.1) is 16.7 Å². The number of non-ortho nitro benzene ring substituents is 1. The molecule has 2 N–H and O–H groups in total. The monoisotopic (exact) mass is 419 g/mol. The number of nitrogens with zero attached hydrogens (tertiary/aromatic N) is 2. The number of nitro benzene ring substituents is 1. The lowest BCUT2D eigenvalue weighted by Crippen LogP contribution is -2.17. The van der Waals surface area contributed by atoms with Crippen molar-refractivity contribution in [3.63, 3.8) is 0 Å². The molecule has 156 valence electrons. The lowest BCUT2D eigenvalue weighted by Gasteiger charge is -2.09. The number of rotatable bonds is 8. The maximum atomic E-state index is 12.2. The van der Waals surface area contributed by atoms with E-state index in [1.165, 1.54) is 36.5 Å². The van der Waals surface area contributed by atoms with E-state index in [-0.39, 0.29) is 23.4 Å². The molecule has 0 saturated carbocycles. The fraction of sp³-hybridized carbons (Fsp3) is 0.0455. The van der Waals surface area contributed by atoms with Gasteiger partial charge in [0.1, 0.15) is 12.4 Å². The number of hydrazone groups is 1. The zero-order valence-electron chi connectivity index (χ0n) is 16.1. The number of benzene rings is 3. The molecule has 0 aromatic heterocycles. The molecule has 0 aliphatic carbocycles. The lowest BCUT2D eigenvalue weighted by molar-refractivity contribution is -0.384. The van der Waals surface area contributed by atoms with Gasteiger partial charge >= 0.3 is 5.97 Å². The Morgan fingerprint density at radius 3 is 2.48 bits per heavy atom. The highest BCUT2D eigenvalue weighted by Crippen LogP contribution is 2.18. The molecule has 1 amide bonds. The van der Waals surface area contributed by atoms with Gasteiger partial charge in [-0.15, -0.1) is 0 Å². The van der Waals surface area contributed by atoms with Crippen LogP contribution < -0.4 is 10.2 Å². The average molecular weight is 419 g/mol. The Labute approximate surface area is 176 Å². The minimum Gasteiger partial charge on any atom is -0.488 e. The third kappa shape index (κ3) is 5.73. The van der Waals surface area contributed by atoms with Crippen molar-refractivity contribution in [3.8, 4) is 5.75 Å². The Bertz CT molecular complexity index is 1140. The molecule has 9 heteroatoms. The summed E-state index contributed by atoms with van der Waals surface area (Å²) in [6, 6.07) is 18.7. The Hall–Kier alpha value is -4.53.